The van der Waals surface area contributed by atoms with E-state index in [4.69, 9.17) is 10.3 Å². The van der Waals surface area contributed by atoms with E-state index in [1.165, 1.54) is 0 Å². The smallest absolute Gasteiger partial charge is 0.236 e. The average Bonchev–Trinajstić information content (AvgIpc) is 2.67. The number of nitrogens with one attached hydrogen (secondary N) is 1. The first-order valence-corrected chi connectivity index (χ1v) is 5.59. The van der Waals surface area contributed by atoms with Gasteiger partial charge in [-0.2, -0.15) is 0 Å². The second-order valence-electron chi connectivity index (χ2n) is 3.74. The molecule has 1 aromatic rings. The number of nitrogens with zero attached hydrogens (tertiary/aromatic N) is 1. The summed E-state index contributed by atoms with van der Waals surface area (Å²) in [5, 5.41) is 6.74. The van der Waals surface area contributed by atoms with Gasteiger partial charge in [-0.3, -0.25) is 4.79 Å². The van der Waals surface area contributed by atoms with Gasteiger partial charge in [-0.25, -0.2) is 0 Å². The predicted molar refractivity (Wildman–Crippen MR) is 60.8 cm³/mol. The van der Waals surface area contributed by atoms with Crippen LogP contribution in [0.25, 0.3) is 0 Å². The second-order valence-corrected chi connectivity index (χ2v) is 3.74. The molecule has 0 unspecified atom stereocenters. The lowest BCUT2D eigenvalue weighted by molar-refractivity contribution is -0.122. The van der Waals surface area contributed by atoms with E-state index in [-0.39, 0.29) is 5.91 Å². The third kappa shape index (κ3) is 2.82. The molecule has 16 heavy (non-hydrogen) atoms. The highest BCUT2D eigenvalue weighted by Gasteiger charge is 2.15. The second kappa shape index (κ2) is 5.65. The number of carbonyl (C=O) groups is 1. The molecule has 1 amide bonds. The van der Waals surface area contributed by atoms with Crippen molar-refractivity contribution in [3.05, 3.63) is 17.0 Å². The highest BCUT2D eigenvalue weighted by atomic mass is 16.5. The van der Waals surface area contributed by atoms with Gasteiger partial charge in [0.2, 0.25) is 5.91 Å². The third-order valence-corrected chi connectivity index (χ3v) is 2.46. The van der Waals surface area contributed by atoms with Crippen LogP contribution >= 0.6 is 0 Å². The standard InChI is InChI=1S/C11H19N3O2/c1-4-9-8(10(5-2)16-14-9)6-13-11(15)7(3)12/h7H,4-6,12H2,1-3H3,(H,13,15)/t7-/m1/s1. The van der Waals surface area contributed by atoms with Gasteiger partial charge < -0.3 is 15.6 Å². The van der Waals surface area contributed by atoms with Gasteiger partial charge in [-0.05, 0) is 13.3 Å². The van der Waals surface area contributed by atoms with Crippen LogP contribution in [0, 0.1) is 0 Å². The van der Waals surface area contributed by atoms with Crippen molar-refractivity contribution in [2.24, 2.45) is 5.73 Å². The number of carbonyl (C=O) groups excluding carboxylic acids is 1. The number of hydrogen-bond donors (Lipinski definition) is 2. The zero-order valence-electron chi connectivity index (χ0n) is 10.0. The van der Waals surface area contributed by atoms with Crippen LogP contribution in [-0.2, 0) is 24.2 Å². The molecule has 0 bridgehead atoms. The highest BCUT2D eigenvalue weighted by Crippen LogP contribution is 2.15. The van der Waals surface area contributed by atoms with Crippen LogP contribution in [0.3, 0.4) is 0 Å². The van der Waals surface area contributed by atoms with Gasteiger partial charge in [0.25, 0.3) is 0 Å². The predicted octanol–water partition coefficient (Wildman–Crippen LogP) is 0.763. The van der Waals surface area contributed by atoms with E-state index in [2.05, 4.69) is 10.5 Å². The van der Waals surface area contributed by atoms with Crippen LogP contribution in [0.5, 0.6) is 0 Å². The first-order chi connectivity index (χ1) is 7.60. The molecule has 0 aromatic carbocycles. The molecule has 0 radical (unpaired) electrons. The normalized spacial score (nSPS) is 12.5. The summed E-state index contributed by atoms with van der Waals surface area (Å²) in [4.78, 5) is 11.4. The summed E-state index contributed by atoms with van der Waals surface area (Å²) >= 11 is 0. The molecule has 0 aliphatic carbocycles. The summed E-state index contributed by atoms with van der Waals surface area (Å²) in [5.74, 6) is 0.673. The molecular formula is C11H19N3O2. The monoisotopic (exact) mass is 225 g/mol. The quantitative estimate of drug-likeness (QED) is 0.775. The third-order valence-electron chi connectivity index (χ3n) is 2.46. The van der Waals surface area contributed by atoms with E-state index in [9.17, 15) is 4.79 Å². The van der Waals surface area contributed by atoms with E-state index >= 15 is 0 Å². The number of aromatic nitrogens is 1. The van der Waals surface area contributed by atoms with Gasteiger partial charge in [0.1, 0.15) is 5.76 Å². The van der Waals surface area contributed by atoms with Gasteiger partial charge in [0, 0.05) is 18.5 Å². The molecule has 0 spiro atoms. The van der Waals surface area contributed by atoms with Crippen LogP contribution in [0.2, 0.25) is 0 Å². The summed E-state index contributed by atoms with van der Waals surface area (Å²) in [7, 11) is 0. The largest absolute Gasteiger partial charge is 0.361 e. The molecule has 1 aromatic heterocycles. The molecule has 3 N–H and O–H groups in total. The zero-order chi connectivity index (χ0) is 12.1. The minimum atomic E-state index is -0.491. The number of amides is 1. The van der Waals surface area contributed by atoms with Crippen LogP contribution in [-0.4, -0.2) is 17.1 Å². The van der Waals surface area contributed by atoms with E-state index in [0.29, 0.717) is 6.54 Å². The first-order valence-electron chi connectivity index (χ1n) is 5.59. The first kappa shape index (κ1) is 12.7. The van der Waals surface area contributed by atoms with Gasteiger partial charge in [0.05, 0.1) is 11.7 Å². The molecule has 1 rings (SSSR count). The lowest BCUT2D eigenvalue weighted by atomic mass is 10.1. The molecule has 0 aliphatic heterocycles. The van der Waals surface area contributed by atoms with E-state index < -0.39 is 6.04 Å². The summed E-state index contributed by atoms with van der Waals surface area (Å²) in [6.07, 6.45) is 1.57. The Morgan fingerprint density at radius 1 is 1.50 bits per heavy atom. The van der Waals surface area contributed by atoms with Gasteiger partial charge in [0.15, 0.2) is 0 Å². The van der Waals surface area contributed by atoms with Crippen molar-refractivity contribution >= 4 is 5.91 Å². The summed E-state index contributed by atoms with van der Waals surface area (Å²) in [6, 6.07) is -0.491. The fourth-order valence-corrected chi connectivity index (χ4v) is 1.47. The van der Waals surface area contributed by atoms with Crippen molar-refractivity contribution in [3.63, 3.8) is 0 Å². The maximum absolute atomic E-state index is 11.4. The molecule has 0 saturated heterocycles. The topological polar surface area (TPSA) is 81.2 Å². The Labute approximate surface area is 95.4 Å². The summed E-state index contributed by atoms with van der Waals surface area (Å²) in [6.45, 7) is 6.10. The van der Waals surface area contributed by atoms with Crippen LogP contribution in [0.1, 0.15) is 37.8 Å². The fraction of sp³-hybridized carbons (Fsp3) is 0.636. The van der Waals surface area contributed by atoms with Gasteiger partial charge in [-0.15, -0.1) is 0 Å². The Bertz CT molecular complexity index is 337. The lowest BCUT2D eigenvalue weighted by Crippen LogP contribution is -2.38. The Hall–Kier alpha value is -1.36. The van der Waals surface area contributed by atoms with Crippen LogP contribution in [0.15, 0.2) is 4.52 Å². The molecule has 5 heteroatoms. The summed E-state index contributed by atoms with van der Waals surface area (Å²) < 4.78 is 5.20. The van der Waals surface area contributed by atoms with Crippen molar-refractivity contribution in [3.8, 4) is 0 Å². The molecule has 90 valence electrons. The minimum absolute atomic E-state index is 0.162. The molecule has 1 heterocycles. The van der Waals surface area contributed by atoms with Gasteiger partial charge in [-0.1, -0.05) is 19.0 Å². The molecule has 0 aliphatic rings. The van der Waals surface area contributed by atoms with Gasteiger partial charge >= 0.3 is 0 Å². The minimum Gasteiger partial charge on any atom is -0.361 e. The van der Waals surface area contributed by atoms with Crippen LogP contribution < -0.4 is 11.1 Å². The Balaban J connectivity index is 2.71. The van der Waals surface area contributed by atoms with Crippen molar-refractivity contribution in [1.29, 1.82) is 0 Å². The van der Waals surface area contributed by atoms with Crippen molar-refractivity contribution in [1.82, 2.24) is 10.5 Å². The maximum Gasteiger partial charge on any atom is 0.236 e. The number of hydrogen-bond acceptors (Lipinski definition) is 4. The van der Waals surface area contributed by atoms with Crippen LogP contribution in [0.4, 0.5) is 0 Å². The van der Waals surface area contributed by atoms with E-state index in [1.807, 2.05) is 13.8 Å². The SMILES string of the molecule is CCc1noc(CC)c1CNC(=O)[C@@H](C)N. The van der Waals surface area contributed by atoms with Crippen molar-refractivity contribution < 1.29 is 9.32 Å². The lowest BCUT2D eigenvalue weighted by Gasteiger charge is -2.07. The zero-order valence-corrected chi connectivity index (χ0v) is 10.0. The number of aryl methyl sites for hydroxylation is 2. The fourth-order valence-electron chi connectivity index (χ4n) is 1.47. The Morgan fingerprint density at radius 3 is 2.69 bits per heavy atom. The Kier molecular flexibility index (Phi) is 4.49. The molecule has 5 nitrogen and oxygen atoms in total. The highest BCUT2D eigenvalue weighted by molar-refractivity contribution is 5.80. The number of nitrogens with two attached hydrogens (primary N) is 1. The van der Waals surface area contributed by atoms with Crippen molar-refractivity contribution in [2.75, 3.05) is 0 Å². The molecule has 1 atom stereocenters. The number of rotatable bonds is 5. The van der Waals surface area contributed by atoms with E-state index in [0.717, 1.165) is 29.9 Å². The maximum atomic E-state index is 11.4. The van der Waals surface area contributed by atoms with E-state index in [1.54, 1.807) is 6.92 Å². The summed E-state index contributed by atoms with van der Waals surface area (Å²) in [5.41, 5.74) is 7.36. The van der Waals surface area contributed by atoms with Crippen molar-refractivity contribution in [2.45, 2.75) is 46.2 Å². The Morgan fingerprint density at radius 2 is 2.19 bits per heavy atom. The molecule has 0 fully saturated rings. The molecule has 0 saturated carbocycles. The molecular weight excluding hydrogens is 206 g/mol. The average molecular weight is 225 g/mol.